The lowest BCUT2D eigenvalue weighted by molar-refractivity contribution is -0.144. The maximum atomic E-state index is 12.1. The molecule has 0 aliphatic carbocycles. The van der Waals surface area contributed by atoms with Crippen LogP contribution in [-0.4, -0.2) is 36.5 Å². The first-order valence-electron chi connectivity index (χ1n) is 8.09. The Morgan fingerprint density at radius 2 is 1.55 bits per heavy atom. The normalized spacial score (nSPS) is 10.3. The highest BCUT2D eigenvalue weighted by Crippen LogP contribution is 2.06. The van der Waals surface area contributed by atoms with Crippen LogP contribution in [-0.2, 0) is 14.3 Å². The molecule has 0 rings (SSSR count). The van der Waals surface area contributed by atoms with E-state index in [2.05, 4.69) is 13.8 Å². The van der Waals surface area contributed by atoms with Crippen molar-refractivity contribution in [2.45, 2.75) is 72.1 Å². The van der Waals surface area contributed by atoms with E-state index >= 15 is 0 Å². The fraction of sp³-hybridized carbons (Fsp3) is 0.875. The minimum atomic E-state index is -0.214. The number of unbranched alkanes of at least 4 members (excludes halogenated alkanes) is 4. The summed E-state index contributed by atoms with van der Waals surface area (Å²) >= 11 is 0. The van der Waals surface area contributed by atoms with E-state index in [1.165, 1.54) is 12.8 Å². The van der Waals surface area contributed by atoms with Gasteiger partial charge in [0.25, 0.3) is 0 Å². The lowest BCUT2D eigenvalue weighted by atomic mass is 10.1. The molecule has 0 fully saturated rings. The van der Waals surface area contributed by atoms with Gasteiger partial charge < -0.3 is 9.64 Å². The zero-order valence-electron chi connectivity index (χ0n) is 13.5. The fourth-order valence-corrected chi connectivity index (χ4v) is 2.04. The van der Waals surface area contributed by atoms with Gasteiger partial charge in [-0.2, -0.15) is 0 Å². The molecule has 0 atom stereocenters. The van der Waals surface area contributed by atoms with Crippen LogP contribution in [0.5, 0.6) is 0 Å². The van der Waals surface area contributed by atoms with Gasteiger partial charge in [0.2, 0.25) is 5.91 Å². The number of hydrogen-bond donors (Lipinski definition) is 0. The second-order valence-corrected chi connectivity index (χ2v) is 5.10. The Morgan fingerprint density at radius 3 is 2.15 bits per heavy atom. The van der Waals surface area contributed by atoms with E-state index in [0.29, 0.717) is 26.0 Å². The molecule has 20 heavy (non-hydrogen) atoms. The van der Waals surface area contributed by atoms with Crippen molar-refractivity contribution in [3.63, 3.8) is 0 Å². The molecular weight excluding hydrogens is 254 g/mol. The van der Waals surface area contributed by atoms with E-state index < -0.39 is 0 Å². The monoisotopic (exact) mass is 285 g/mol. The average molecular weight is 285 g/mol. The van der Waals surface area contributed by atoms with Crippen LogP contribution in [0.3, 0.4) is 0 Å². The standard InChI is InChI=1S/C16H31NO3/c1-4-7-9-10-13-17(15(18)11-8-5-2)14-12-16(19)20-6-3/h4-14H2,1-3H3. The van der Waals surface area contributed by atoms with Crippen LogP contribution in [0.4, 0.5) is 0 Å². The largest absolute Gasteiger partial charge is 0.466 e. The smallest absolute Gasteiger partial charge is 0.307 e. The number of nitrogens with zero attached hydrogens (tertiary/aromatic N) is 1. The molecule has 0 unspecified atom stereocenters. The molecule has 0 spiro atoms. The number of amides is 1. The van der Waals surface area contributed by atoms with Gasteiger partial charge in [0.05, 0.1) is 13.0 Å². The Labute approximate surface area is 123 Å². The van der Waals surface area contributed by atoms with E-state index in [-0.39, 0.29) is 11.9 Å². The van der Waals surface area contributed by atoms with Gasteiger partial charge in [-0.15, -0.1) is 0 Å². The Kier molecular flexibility index (Phi) is 12.3. The molecule has 0 bridgehead atoms. The minimum Gasteiger partial charge on any atom is -0.466 e. The average Bonchev–Trinajstić information content (AvgIpc) is 2.44. The highest BCUT2D eigenvalue weighted by Gasteiger charge is 2.14. The first-order chi connectivity index (χ1) is 9.65. The van der Waals surface area contributed by atoms with Gasteiger partial charge in [-0.25, -0.2) is 0 Å². The van der Waals surface area contributed by atoms with Gasteiger partial charge in [-0.3, -0.25) is 9.59 Å². The third-order valence-electron chi connectivity index (χ3n) is 3.27. The van der Waals surface area contributed by atoms with Crippen LogP contribution in [0.2, 0.25) is 0 Å². The predicted molar refractivity (Wildman–Crippen MR) is 81.5 cm³/mol. The number of carbonyl (C=O) groups is 2. The zero-order valence-corrected chi connectivity index (χ0v) is 13.5. The van der Waals surface area contributed by atoms with Gasteiger partial charge in [0.1, 0.15) is 0 Å². The van der Waals surface area contributed by atoms with Crippen molar-refractivity contribution in [1.82, 2.24) is 4.90 Å². The van der Waals surface area contributed by atoms with Gasteiger partial charge in [-0.1, -0.05) is 39.5 Å². The molecule has 0 heterocycles. The van der Waals surface area contributed by atoms with Crippen molar-refractivity contribution >= 4 is 11.9 Å². The Balaban J connectivity index is 4.15. The lowest BCUT2D eigenvalue weighted by Crippen LogP contribution is -2.34. The fourth-order valence-electron chi connectivity index (χ4n) is 2.04. The molecule has 0 aromatic rings. The summed E-state index contributed by atoms with van der Waals surface area (Å²) in [4.78, 5) is 25.3. The van der Waals surface area contributed by atoms with Crippen molar-refractivity contribution in [2.75, 3.05) is 19.7 Å². The molecule has 0 aliphatic heterocycles. The number of hydrogen-bond acceptors (Lipinski definition) is 3. The summed E-state index contributed by atoms with van der Waals surface area (Å²) in [7, 11) is 0. The molecule has 0 N–H and O–H groups in total. The van der Waals surface area contributed by atoms with E-state index in [9.17, 15) is 9.59 Å². The summed E-state index contributed by atoms with van der Waals surface area (Å²) in [6.45, 7) is 7.71. The Bertz CT molecular complexity index is 266. The highest BCUT2D eigenvalue weighted by molar-refractivity contribution is 5.77. The van der Waals surface area contributed by atoms with Gasteiger partial charge in [-0.05, 0) is 19.8 Å². The van der Waals surface area contributed by atoms with Gasteiger partial charge in [0, 0.05) is 19.5 Å². The quantitative estimate of drug-likeness (QED) is 0.407. The molecule has 0 radical (unpaired) electrons. The van der Waals surface area contributed by atoms with Crippen molar-refractivity contribution in [3.8, 4) is 0 Å². The van der Waals surface area contributed by atoms with Crippen molar-refractivity contribution < 1.29 is 14.3 Å². The molecule has 0 aromatic carbocycles. The van der Waals surface area contributed by atoms with Gasteiger partial charge >= 0.3 is 5.97 Å². The maximum Gasteiger partial charge on any atom is 0.307 e. The third-order valence-corrected chi connectivity index (χ3v) is 3.27. The van der Waals surface area contributed by atoms with Crippen LogP contribution in [0.15, 0.2) is 0 Å². The predicted octanol–water partition coefficient (Wildman–Crippen LogP) is 3.54. The van der Waals surface area contributed by atoms with Crippen LogP contribution in [0, 0.1) is 0 Å². The first kappa shape index (κ1) is 18.9. The van der Waals surface area contributed by atoms with E-state index in [0.717, 1.165) is 32.2 Å². The van der Waals surface area contributed by atoms with Gasteiger partial charge in [0.15, 0.2) is 0 Å². The summed E-state index contributed by atoms with van der Waals surface area (Å²) in [6.07, 6.45) is 7.40. The SMILES string of the molecule is CCCCCCN(CCC(=O)OCC)C(=O)CCCC. The summed E-state index contributed by atoms with van der Waals surface area (Å²) in [6, 6.07) is 0. The maximum absolute atomic E-state index is 12.1. The van der Waals surface area contributed by atoms with E-state index in [4.69, 9.17) is 4.74 Å². The van der Waals surface area contributed by atoms with Crippen LogP contribution in [0.1, 0.15) is 72.1 Å². The van der Waals surface area contributed by atoms with Crippen LogP contribution >= 0.6 is 0 Å². The minimum absolute atomic E-state index is 0.174. The molecule has 4 heteroatoms. The molecule has 0 aliphatic rings. The lowest BCUT2D eigenvalue weighted by Gasteiger charge is -2.22. The molecule has 4 nitrogen and oxygen atoms in total. The molecule has 0 aromatic heterocycles. The Hall–Kier alpha value is -1.06. The highest BCUT2D eigenvalue weighted by atomic mass is 16.5. The van der Waals surface area contributed by atoms with Crippen LogP contribution < -0.4 is 0 Å². The second-order valence-electron chi connectivity index (χ2n) is 5.10. The summed E-state index contributed by atoms with van der Waals surface area (Å²) in [5.41, 5.74) is 0. The molecule has 0 saturated carbocycles. The second kappa shape index (κ2) is 12.9. The number of rotatable bonds is 12. The van der Waals surface area contributed by atoms with Crippen molar-refractivity contribution in [1.29, 1.82) is 0 Å². The number of esters is 1. The molecule has 118 valence electrons. The Morgan fingerprint density at radius 1 is 0.850 bits per heavy atom. The molecule has 0 saturated heterocycles. The zero-order chi connectivity index (χ0) is 15.2. The van der Waals surface area contributed by atoms with Crippen molar-refractivity contribution in [2.24, 2.45) is 0 Å². The topological polar surface area (TPSA) is 46.6 Å². The van der Waals surface area contributed by atoms with E-state index in [1.54, 1.807) is 6.92 Å². The third kappa shape index (κ3) is 9.82. The van der Waals surface area contributed by atoms with Crippen LogP contribution in [0.25, 0.3) is 0 Å². The molecular formula is C16H31NO3. The number of carbonyl (C=O) groups excluding carboxylic acids is 2. The first-order valence-corrected chi connectivity index (χ1v) is 8.09. The van der Waals surface area contributed by atoms with E-state index in [1.807, 2.05) is 4.90 Å². The van der Waals surface area contributed by atoms with Crippen molar-refractivity contribution in [3.05, 3.63) is 0 Å². The number of ether oxygens (including phenoxy) is 1. The molecule has 1 amide bonds. The summed E-state index contributed by atoms with van der Waals surface area (Å²) in [5, 5.41) is 0. The summed E-state index contributed by atoms with van der Waals surface area (Å²) in [5.74, 6) is -0.0398. The summed E-state index contributed by atoms with van der Waals surface area (Å²) < 4.78 is 4.92.